The Morgan fingerprint density at radius 1 is 1.36 bits per heavy atom. The number of benzene rings is 1. The molecule has 4 unspecified atom stereocenters. The van der Waals surface area contributed by atoms with Crippen LogP contribution >= 0.6 is 0 Å². The van der Waals surface area contributed by atoms with Gasteiger partial charge in [-0.3, -0.25) is 4.79 Å². The number of aromatic nitrogens is 2. The van der Waals surface area contributed by atoms with Crippen LogP contribution in [0.25, 0.3) is 11.3 Å². The molecule has 0 saturated heterocycles. The highest BCUT2D eigenvalue weighted by Crippen LogP contribution is 2.42. The summed E-state index contributed by atoms with van der Waals surface area (Å²) < 4.78 is 2.09. The van der Waals surface area contributed by atoms with Gasteiger partial charge in [0.05, 0.1) is 30.4 Å². The molecular weight excluding hydrogens is 314 g/mol. The predicted molar refractivity (Wildman–Crippen MR) is 96.0 cm³/mol. The second kappa shape index (κ2) is 6.64. The number of carbonyl (C=O) groups excluding carboxylic acids is 1. The van der Waals surface area contributed by atoms with Crippen molar-refractivity contribution in [1.29, 1.82) is 0 Å². The largest absolute Gasteiger partial charge is 0.391 e. The van der Waals surface area contributed by atoms with E-state index < -0.39 is 6.10 Å². The average molecular weight is 339 g/mol. The third-order valence-electron chi connectivity index (χ3n) is 5.73. The van der Waals surface area contributed by atoms with Crippen molar-refractivity contribution < 1.29 is 9.90 Å². The van der Waals surface area contributed by atoms with E-state index in [9.17, 15) is 9.90 Å². The summed E-state index contributed by atoms with van der Waals surface area (Å²) in [5.74, 6) is 0.349. The lowest BCUT2D eigenvalue weighted by Gasteiger charge is -2.34. The molecule has 1 aromatic heterocycles. The molecule has 0 spiro atoms. The van der Waals surface area contributed by atoms with Crippen molar-refractivity contribution in [1.82, 2.24) is 14.9 Å². The quantitative estimate of drug-likeness (QED) is 0.900. The van der Waals surface area contributed by atoms with Gasteiger partial charge in [0.2, 0.25) is 5.91 Å². The van der Waals surface area contributed by atoms with Crippen molar-refractivity contribution >= 4 is 5.91 Å². The highest BCUT2D eigenvalue weighted by atomic mass is 16.3. The van der Waals surface area contributed by atoms with E-state index in [0.29, 0.717) is 12.3 Å². The highest BCUT2D eigenvalue weighted by molar-refractivity contribution is 5.73. The number of fused-ring (bicyclic) bond motifs is 3. The summed E-state index contributed by atoms with van der Waals surface area (Å²) in [5.41, 5.74) is 3.40. The maximum atomic E-state index is 11.5. The second-order valence-corrected chi connectivity index (χ2v) is 7.37. The maximum absolute atomic E-state index is 11.5. The number of aliphatic hydroxyl groups is 1. The van der Waals surface area contributed by atoms with Gasteiger partial charge in [-0.2, -0.15) is 0 Å². The Morgan fingerprint density at radius 3 is 3.00 bits per heavy atom. The number of carbonyl (C=O) groups is 1. The average Bonchev–Trinajstić information content (AvgIpc) is 3.16. The van der Waals surface area contributed by atoms with Crippen LogP contribution in [0.3, 0.4) is 0 Å². The Labute approximate surface area is 148 Å². The smallest absolute Gasteiger partial charge is 0.217 e. The lowest BCUT2D eigenvalue weighted by molar-refractivity contribution is -0.120. The number of hydrogen-bond acceptors (Lipinski definition) is 3. The van der Waals surface area contributed by atoms with Crippen molar-refractivity contribution in [3.8, 4) is 11.3 Å². The van der Waals surface area contributed by atoms with Crippen molar-refractivity contribution in [3.05, 3.63) is 42.4 Å². The molecule has 2 aliphatic rings. The van der Waals surface area contributed by atoms with E-state index in [2.05, 4.69) is 27.0 Å². The minimum Gasteiger partial charge on any atom is -0.391 e. The summed E-state index contributed by atoms with van der Waals surface area (Å²) in [6.07, 6.45) is 8.28. The third-order valence-corrected chi connectivity index (χ3v) is 5.73. The standard InChI is InChI=1S/C20H25N3O2/c1-13(24)22-17-9-5-2-6-14(17)10-19(25)20-16-8-4-3-7-15(16)18-11-21-12-23(18)20/h3-4,7-8,11-12,14,17,19-20,25H,2,5-6,9-10H2,1H3,(H,22,24). The summed E-state index contributed by atoms with van der Waals surface area (Å²) in [7, 11) is 0. The Hall–Kier alpha value is -2.14. The number of nitrogens with zero attached hydrogens (tertiary/aromatic N) is 2. The number of amides is 1. The molecule has 1 amide bonds. The normalized spacial score (nSPS) is 25.9. The molecule has 1 saturated carbocycles. The van der Waals surface area contributed by atoms with Crippen LogP contribution in [0.5, 0.6) is 0 Å². The Kier molecular flexibility index (Phi) is 4.34. The Morgan fingerprint density at radius 2 is 2.16 bits per heavy atom. The van der Waals surface area contributed by atoms with Crippen molar-refractivity contribution in [2.75, 3.05) is 0 Å². The first-order valence-corrected chi connectivity index (χ1v) is 9.21. The summed E-state index contributed by atoms with van der Waals surface area (Å²) in [6, 6.07) is 8.34. The molecular formula is C20H25N3O2. The number of rotatable bonds is 4. The van der Waals surface area contributed by atoms with Gasteiger partial charge < -0.3 is 15.0 Å². The van der Waals surface area contributed by atoms with Crippen molar-refractivity contribution in [2.45, 2.75) is 57.2 Å². The zero-order chi connectivity index (χ0) is 17.4. The van der Waals surface area contributed by atoms with Crippen LogP contribution in [0.15, 0.2) is 36.8 Å². The van der Waals surface area contributed by atoms with Gasteiger partial charge in [0.25, 0.3) is 0 Å². The maximum Gasteiger partial charge on any atom is 0.217 e. The Bertz CT molecular complexity index is 770. The Balaban J connectivity index is 1.57. The fraction of sp³-hybridized carbons (Fsp3) is 0.500. The first-order valence-electron chi connectivity index (χ1n) is 9.21. The zero-order valence-corrected chi connectivity index (χ0v) is 14.6. The predicted octanol–water partition coefficient (Wildman–Crippen LogP) is 2.90. The fourth-order valence-electron chi connectivity index (χ4n) is 4.65. The molecule has 2 N–H and O–H groups in total. The van der Waals surface area contributed by atoms with Crippen LogP contribution in [0, 0.1) is 5.92 Å². The minimum atomic E-state index is -0.490. The summed E-state index contributed by atoms with van der Waals surface area (Å²) in [6.45, 7) is 1.58. The van der Waals surface area contributed by atoms with Crippen LogP contribution < -0.4 is 5.32 Å². The van der Waals surface area contributed by atoms with Gasteiger partial charge in [-0.25, -0.2) is 4.98 Å². The topological polar surface area (TPSA) is 67.2 Å². The third kappa shape index (κ3) is 2.97. The number of hydrogen-bond donors (Lipinski definition) is 2. The van der Waals surface area contributed by atoms with E-state index in [0.717, 1.165) is 30.5 Å². The summed E-state index contributed by atoms with van der Waals surface area (Å²) in [4.78, 5) is 15.8. The molecule has 2 heterocycles. The van der Waals surface area contributed by atoms with E-state index in [1.54, 1.807) is 6.92 Å². The molecule has 2 aromatic rings. The van der Waals surface area contributed by atoms with Gasteiger partial charge in [-0.1, -0.05) is 37.1 Å². The molecule has 1 aromatic carbocycles. The molecule has 1 fully saturated rings. The van der Waals surface area contributed by atoms with Gasteiger partial charge in [0.15, 0.2) is 0 Å². The molecule has 132 valence electrons. The second-order valence-electron chi connectivity index (χ2n) is 7.37. The lowest BCUT2D eigenvalue weighted by Crippen LogP contribution is -2.43. The van der Waals surface area contributed by atoms with Gasteiger partial charge in [-0.05, 0) is 30.7 Å². The van der Waals surface area contributed by atoms with Crippen LogP contribution in [-0.4, -0.2) is 32.7 Å². The highest BCUT2D eigenvalue weighted by Gasteiger charge is 2.36. The first kappa shape index (κ1) is 16.3. The van der Waals surface area contributed by atoms with Gasteiger partial charge in [0.1, 0.15) is 0 Å². The van der Waals surface area contributed by atoms with E-state index in [-0.39, 0.29) is 18.0 Å². The van der Waals surface area contributed by atoms with E-state index in [1.165, 1.54) is 12.0 Å². The van der Waals surface area contributed by atoms with Gasteiger partial charge >= 0.3 is 0 Å². The molecule has 4 rings (SSSR count). The van der Waals surface area contributed by atoms with Crippen molar-refractivity contribution in [2.24, 2.45) is 5.92 Å². The van der Waals surface area contributed by atoms with E-state index in [1.807, 2.05) is 24.7 Å². The SMILES string of the molecule is CC(=O)NC1CCCCC1CC(O)C1c2ccccc2-c2cncn21. The first-order chi connectivity index (χ1) is 12.1. The monoisotopic (exact) mass is 339 g/mol. The number of imidazole rings is 1. The van der Waals surface area contributed by atoms with Crippen molar-refractivity contribution in [3.63, 3.8) is 0 Å². The minimum absolute atomic E-state index is 0.0227. The molecule has 0 bridgehead atoms. The zero-order valence-electron chi connectivity index (χ0n) is 14.6. The molecule has 5 heteroatoms. The fourth-order valence-corrected chi connectivity index (χ4v) is 4.65. The molecule has 25 heavy (non-hydrogen) atoms. The van der Waals surface area contributed by atoms with Gasteiger partial charge in [0, 0.05) is 18.5 Å². The molecule has 4 atom stereocenters. The molecule has 5 nitrogen and oxygen atoms in total. The van der Waals surface area contributed by atoms with E-state index >= 15 is 0 Å². The summed E-state index contributed by atoms with van der Waals surface area (Å²) in [5, 5.41) is 14.2. The van der Waals surface area contributed by atoms with Crippen LogP contribution in [-0.2, 0) is 4.79 Å². The summed E-state index contributed by atoms with van der Waals surface area (Å²) >= 11 is 0. The van der Waals surface area contributed by atoms with Crippen LogP contribution in [0.4, 0.5) is 0 Å². The van der Waals surface area contributed by atoms with E-state index in [4.69, 9.17) is 0 Å². The molecule has 0 radical (unpaired) electrons. The lowest BCUT2D eigenvalue weighted by atomic mass is 9.79. The van der Waals surface area contributed by atoms with Gasteiger partial charge in [-0.15, -0.1) is 0 Å². The number of aliphatic hydroxyl groups excluding tert-OH is 1. The molecule has 1 aliphatic carbocycles. The number of nitrogens with one attached hydrogen (secondary N) is 1. The molecule has 1 aliphatic heterocycles. The van der Waals surface area contributed by atoms with Crippen LogP contribution in [0.1, 0.15) is 50.6 Å². The van der Waals surface area contributed by atoms with Crippen LogP contribution in [0.2, 0.25) is 0 Å².